The fourth-order valence-electron chi connectivity index (χ4n) is 1.27. The van der Waals surface area contributed by atoms with Gasteiger partial charge in [-0.1, -0.05) is 0 Å². The summed E-state index contributed by atoms with van der Waals surface area (Å²) in [6, 6.07) is 1.32. The van der Waals surface area contributed by atoms with Gasteiger partial charge in [-0.15, -0.1) is 0 Å². The minimum absolute atomic E-state index is 0.0230. The predicted octanol–water partition coefficient (Wildman–Crippen LogP) is 0.545. The molecule has 3 N–H and O–H groups in total. The lowest BCUT2D eigenvalue weighted by atomic mass is 10.4. The molecule has 0 fully saturated rings. The lowest BCUT2D eigenvalue weighted by Crippen LogP contribution is -2.22. The van der Waals surface area contributed by atoms with Gasteiger partial charge in [-0.3, -0.25) is 5.32 Å². The first kappa shape index (κ1) is 10.1. The van der Waals surface area contributed by atoms with E-state index in [0.29, 0.717) is 5.69 Å². The second kappa shape index (κ2) is 3.65. The number of carbonyl (C=O) groups is 1. The monoisotopic (exact) mass is 222 g/mol. The van der Waals surface area contributed by atoms with Crippen molar-refractivity contribution >= 4 is 17.7 Å². The lowest BCUT2D eigenvalue weighted by Gasteiger charge is -2.02. The summed E-state index contributed by atoms with van der Waals surface area (Å²) in [6.07, 6.45) is 0. The fraction of sp³-hybridized carbons (Fsp3) is 0.250. The number of hydrogen-bond acceptors (Lipinski definition) is 6. The van der Waals surface area contributed by atoms with Crippen molar-refractivity contribution in [2.24, 2.45) is 0 Å². The van der Waals surface area contributed by atoms with Crippen molar-refractivity contribution < 1.29 is 9.42 Å². The number of anilines is 2. The molecule has 0 radical (unpaired) electrons. The van der Waals surface area contributed by atoms with Gasteiger partial charge in [-0.2, -0.15) is 9.78 Å². The molecule has 0 aliphatic heterocycles. The number of aromatic nitrogens is 4. The smallest absolute Gasteiger partial charge is 0.348 e. The largest absolute Gasteiger partial charge is 0.378 e. The third-order valence-corrected chi connectivity index (χ3v) is 1.94. The highest BCUT2D eigenvalue weighted by Crippen LogP contribution is 2.11. The Morgan fingerprint density at radius 1 is 1.50 bits per heavy atom. The van der Waals surface area contributed by atoms with Crippen LogP contribution in [0.1, 0.15) is 11.4 Å². The summed E-state index contributed by atoms with van der Waals surface area (Å²) in [5.41, 5.74) is 6.86. The van der Waals surface area contributed by atoms with Crippen molar-refractivity contribution in [2.75, 3.05) is 11.1 Å². The van der Waals surface area contributed by atoms with Crippen LogP contribution in [0.25, 0.3) is 0 Å². The molecule has 0 bridgehead atoms. The lowest BCUT2D eigenvalue weighted by molar-refractivity contribution is 0.250. The topological polar surface area (TPSA) is 112 Å². The number of amides is 1. The van der Waals surface area contributed by atoms with E-state index < -0.39 is 6.03 Å². The molecule has 0 spiro atoms. The molecule has 84 valence electrons. The highest BCUT2D eigenvalue weighted by atomic mass is 16.6. The van der Waals surface area contributed by atoms with E-state index >= 15 is 0 Å². The van der Waals surface area contributed by atoms with Crippen molar-refractivity contribution in [3.63, 3.8) is 0 Å². The molecule has 0 aliphatic carbocycles. The Morgan fingerprint density at radius 3 is 2.75 bits per heavy atom. The van der Waals surface area contributed by atoms with Crippen LogP contribution in [-0.2, 0) is 0 Å². The van der Waals surface area contributed by atoms with Crippen LogP contribution in [-0.4, -0.2) is 26.1 Å². The Hall–Kier alpha value is -2.38. The zero-order chi connectivity index (χ0) is 11.7. The summed E-state index contributed by atoms with van der Waals surface area (Å²) < 4.78 is 5.56. The van der Waals surface area contributed by atoms with Crippen LogP contribution in [0.2, 0.25) is 0 Å². The summed E-state index contributed by atoms with van der Waals surface area (Å²) in [5.74, 6) is 0.104. The molecule has 0 aromatic carbocycles. The molecule has 8 heteroatoms. The van der Waals surface area contributed by atoms with E-state index in [1.165, 1.54) is 4.68 Å². The van der Waals surface area contributed by atoms with Gasteiger partial charge in [0.2, 0.25) is 11.6 Å². The minimum Gasteiger partial charge on any atom is -0.378 e. The Morgan fingerprint density at radius 2 is 2.25 bits per heavy atom. The average molecular weight is 222 g/mol. The van der Waals surface area contributed by atoms with Crippen LogP contribution in [0.3, 0.4) is 0 Å². The molecule has 2 aromatic heterocycles. The van der Waals surface area contributed by atoms with E-state index in [1.54, 1.807) is 19.9 Å². The molecular formula is C8H10N6O2. The maximum absolute atomic E-state index is 11.7. The second-order valence-corrected chi connectivity index (χ2v) is 3.27. The number of nitrogens with two attached hydrogens (primary N) is 1. The van der Waals surface area contributed by atoms with Crippen LogP contribution in [0.15, 0.2) is 10.7 Å². The molecular weight excluding hydrogens is 212 g/mol. The molecule has 2 rings (SSSR count). The number of carbonyl (C=O) groups excluding carboxylic acids is 1. The molecule has 16 heavy (non-hydrogen) atoms. The highest BCUT2D eigenvalue weighted by Gasteiger charge is 2.14. The van der Waals surface area contributed by atoms with E-state index in [4.69, 9.17) is 5.73 Å². The van der Waals surface area contributed by atoms with Crippen LogP contribution >= 0.6 is 0 Å². The van der Waals surface area contributed by atoms with Crippen molar-refractivity contribution in [1.29, 1.82) is 0 Å². The second-order valence-electron chi connectivity index (χ2n) is 3.27. The summed E-state index contributed by atoms with van der Waals surface area (Å²) in [6.45, 7) is 3.56. The van der Waals surface area contributed by atoms with E-state index in [9.17, 15) is 4.79 Å². The minimum atomic E-state index is -0.465. The van der Waals surface area contributed by atoms with Gasteiger partial charge >= 0.3 is 6.03 Å². The van der Waals surface area contributed by atoms with E-state index in [1.807, 2.05) is 0 Å². The first-order chi connectivity index (χ1) is 7.58. The number of nitrogens with zero attached hydrogens (tertiary/aromatic N) is 4. The van der Waals surface area contributed by atoms with Crippen molar-refractivity contribution in [3.8, 4) is 0 Å². The van der Waals surface area contributed by atoms with Crippen LogP contribution in [0.4, 0.5) is 16.4 Å². The fourth-order valence-corrected chi connectivity index (χ4v) is 1.27. The summed E-state index contributed by atoms with van der Waals surface area (Å²) in [7, 11) is 0. The van der Waals surface area contributed by atoms with Crippen molar-refractivity contribution in [2.45, 2.75) is 13.8 Å². The standard InChI is InChI=1S/C8H10N6O2/c1-4-3-5(2)14(11-4)8(15)10-7-6(9)12-16-13-7/h3H,1-2H3,(H2,9,12)(H,10,13,15). The Balaban J connectivity index is 2.21. The molecule has 0 aliphatic rings. The quantitative estimate of drug-likeness (QED) is 0.728. The van der Waals surface area contributed by atoms with Gasteiger partial charge in [0.1, 0.15) is 0 Å². The number of nitrogens with one attached hydrogen (secondary N) is 1. The van der Waals surface area contributed by atoms with Gasteiger partial charge in [-0.05, 0) is 30.2 Å². The van der Waals surface area contributed by atoms with Crippen LogP contribution < -0.4 is 11.1 Å². The van der Waals surface area contributed by atoms with E-state index in [2.05, 4.69) is 25.4 Å². The molecule has 2 aromatic rings. The normalized spacial score (nSPS) is 10.4. The zero-order valence-corrected chi connectivity index (χ0v) is 8.76. The molecule has 0 atom stereocenters. The van der Waals surface area contributed by atoms with Crippen LogP contribution in [0, 0.1) is 13.8 Å². The summed E-state index contributed by atoms with van der Waals surface area (Å²) in [4.78, 5) is 11.7. The first-order valence-corrected chi connectivity index (χ1v) is 4.50. The van der Waals surface area contributed by atoms with Gasteiger partial charge in [0.15, 0.2) is 0 Å². The molecule has 8 nitrogen and oxygen atoms in total. The third kappa shape index (κ3) is 1.72. The van der Waals surface area contributed by atoms with Gasteiger partial charge in [0.25, 0.3) is 0 Å². The maximum Gasteiger partial charge on any atom is 0.348 e. The zero-order valence-electron chi connectivity index (χ0n) is 8.76. The molecule has 2 heterocycles. The molecule has 0 unspecified atom stereocenters. The molecule has 1 amide bonds. The van der Waals surface area contributed by atoms with E-state index in [0.717, 1.165) is 5.69 Å². The SMILES string of the molecule is Cc1cc(C)n(C(=O)Nc2nonc2N)n1. The molecule has 0 saturated carbocycles. The average Bonchev–Trinajstić information content (AvgIpc) is 2.74. The van der Waals surface area contributed by atoms with Crippen LogP contribution in [0.5, 0.6) is 0 Å². The highest BCUT2D eigenvalue weighted by molar-refractivity contribution is 5.91. The molecule has 0 saturated heterocycles. The Labute approximate surface area is 90.4 Å². The third-order valence-electron chi connectivity index (χ3n) is 1.94. The summed E-state index contributed by atoms with van der Waals surface area (Å²) >= 11 is 0. The summed E-state index contributed by atoms with van der Waals surface area (Å²) in [5, 5.41) is 13.2. The number of rotatable bonds is 1. The number of aryl methyl sites for hydroxylation is 2. The maximum atomic E-state index is 11.7. The van der Waals surface area contributed by atoms with Gasteiger partial charge < -0.3 is 5.73 Å². The Bertz CT molecular complexity index is 528. The number of hydrogen-bond donors (Lipinski definition) is 2. The predicted molar refractivity (Wildman–Crippen MR) is 54.8 cm³/mol. The number of nitrogen functional groups attached to an aromatic ring is 1. The van der Waals surface area contributed by atoms with Gasteiger partial charge in [0.05, 0.1) is 5.69 Å². The van der Waals surface area contributed by atoms with Crippen molar-refractivity contribution in [3.05, 3.63) is 17.5 Å². The van der Waals surface area contributed by atoms with E-state index in [-0.39, 0.29) is 11.6 Å². The first-order valence-electron chi connectivity index (χ1n) is 4.50. The Kier molecular flexibility index (Phi) is 2.31. The van der Waals surface area contributed by atoms with Gasteiger partial charge in [-0.25, -0.2) is 9.42 Å². The van der Waals surface area contributed by atoms with Crippen molar-refractivity contribution in [1.82, 2.24) is 20.1 Å². The van der Waals surface area contributed by atoms with Gasteiger partial charge in [0, 0.05) is 5.69 Å².